The van der Waals surface area contributed by atoms with Crippen LogP contribution in [0.2, 0.25) is 0 Å². The number of nitrogens with one attached hydrogen (secondary N) is 1. The van der Waals surface area contributed by atoms with Crippen molar-refractivity contribution in [3.63, 3.8) is 0 Å². The number of rotatable bonds is 7. The number of imidazole rings is 1. The van der Waals surface area contributed by atoms with Crippen molar-refractivity contribution in [2.45, 2.75) is 39.5 Å². The second-order valence-electron chi connectivity index (χ2n) is 8.67. The molecular formula is C29H29N3O. The molecule has 0 aliphatic rings. The molecule has 2 N–H and O–H groups in total. The summed E-state index contributed by atoms with van der Waals surface area (Å²) in [6, 6.07) is 26.6. The van der Waals surface area contributed by atoms with Crippen LogP contribution in [0.25, 0.3) is 39.4 Å². The first-order valence-corrected chi connectivity index (χ1v) is 11.7. The molecule has 0 bridgehead atoms. The molecule has 3 aromatic carbocycles. The normalized spacial score (nSPS) is 11.3. The minimum absolute atomic E-state index is 0.266. The van der Waals surface area contributed by atoms with E-state index in [1.165, 1.54) is 35.2 Å². The van der Waals surface area contributed by atoms with Crippen LogP contribution >= 0.6 is 0 Å². The van der Waals surface area contributed by atoms with Crippen molar-refractivity contribution in [2.75, 3.05) is 0 Å². The summed E-state index contributed by atoms with van der Waals surface area (Å²) in [5.74, 6) is 1.11. The number of phenolic OH excluding ortho intramolecular Hbond substituents is 1. The van der Waals surface area contributed by atoms with Crippen LogP contribution in [-0.2, 0) is 6.42 Å². The van der Waals surface area contributed by atoms with Crippen LogP contribution in [0.1, 0.15) is 37.4 Å². The number of hydrogen-bond donors (Lipinski definition) is 2. The molecule has 2 heterocycles. The van der Waals surface area contributed by atoms with Gasteiger partial charge in [-0.2, -0.15) is 0 Å². The third kappa shape index (κ3) is 4.17. The lowest BCUT2D eigenvalue weighted by Gasteiger charge is -2.14. The summed E-state index contributed by atoms with van der Waals surface area (Å²) in [5.41, 5.74) is 8.99. The number of unbranched alkanes of at least 4 members (excludes halogenated alkanes) is 2. The number of aromatic nitrogens is 3. The number of aryl methyl sites for hydroxylation is 1. The summed E-state index contributed by atoms with van der Waals surface area (Å²) in [5, 5.41) is 9.91. The summed E-state index contributed by atoms with van der Waals surface area (Å²) in [6.45, 7) is 4.35. The minimum Gasteiger partial charge on any atom is -0.508 e. The van der Waals surface area contributed by atoms with Crippen LogP contribution in [0.3, 0.4) is 0 Å². The number of para-hydroxylation sites is 2. The van der Waals surface area contributed by atoms with Crippen LogP contribution in [0.4, 0.5) is 0 Å². The Bertz CT molecular complexity index is 1340. The number of nitrogens with zero attached hydrogens (tertiary/aromatic N) is 2. The first-order valence-electron chi connectivity index (χ1n) is 11.7. The first-order chi connectivity index (χ1) is 16.1. The Morgan fingerprint density at radius 1 is 0.909 bits per heavy atom. The van der Waals surface area contributed by atoms with Crippen molar-refractivity contribution in [1.29, 1.82) is 0 Å². The highest BCUT2D eigenvalue weighted by molar-refractivity contribution is 5.81. The van der Waals surface area contributed by atoms with Crippen LogP contribution in [0.5, 0.6) is 5.75 Å². The van der Waals surface area contributed by atoms with Gasteiger partial charge in [0.25, 0.3) is 0 Å². The molecule has 0 aliphatic carbocycles. The van der Waals surface area contributed by atoms with E-state index in [-0.39, 0.29) is 5.75 Å². The van der Waals surface area contributed by atoms with Gasteiger partial charge in [0.2, 0.25) is 0 Å². The van der Waals surface area contributed by atoms with Gasteiger partial charge in [0.05, 0.1) is 16.7 Å². The largest absolute Gasteiger partial charge is 0.508 e. The highest BCUT2D eigenvalue weighted by Crippen LogP contribution is 2.36. The van der Waals surface area contributed by atoms with E-state index in [2.05, 4.69) is 59.8 Å². The van der Waals surface area contributed by atoms with E-state index >= 15 is 0 Å². The topological polar surface area (TPSA) is 53.8 Å². The Balaban J connectivity index is 1.76. The number of benzene rings is 3. The molecule has 166 valence electrons. The zero-order valence-electron chi connectivity index (χ0n) is 19.2. The molecular weight excluding hydrogens is 406 g/mol. The van der Waals surface area contributed by atoms with Crippen molar-refractivity contribution in [3.8, 4) is 34.1 Å². The predicted molar refractivity (Wildman–Crippen MR) is 136 cm³/mol. The number of aromatic hydroxyl groups is 1. The van der Waals surface area contributed by atoms with Gasteiger partial charge >= 0.3 is 0 Å². The summed E-state index contributed by atoms with van der Waals surface area (Å²) in [4.78, 5) is 8.44. The van der Waals surface area contributed by atoms with Crippen LogP contribution in [0.15, 0.2) is 78.9 Å². The molecule has 0 atom stereocenters. The van der Waals surface area contributed by atoms with Crippen molar-refractivity contribution in [3.05, 3.63) is 90.1 Å². The Labute approximate surface area is 194 Å². The lowest BCUT2D eigenvalue weighted by molar-refractivity contribution is 0.475. The zero-order valence-corrected chi connectivity index (χ0v) is 19.2. The molecule has 0 aliphatic heterocycles. The summed E-state index contributed by atoms with van der Waals surface area (Å²) in [6.07, 6.45) is 4.46. The molecule has 0 fully saturated rings. The van der Waals surface area contributed by atoms with Gasteiger partial charge in [-0.25, -0.2) is 4.98 Å². The predicted octanol–water partition coefficient (Wildman–Crippen LogP) is 7.43. The maximum atomic E-state index is 9.91. The molecule has 2 aromatic heterocycles. The average molecular weight is 436 g/mol. The van der Waals surface area contributed by atoms with E-state index in [0.29, 0.717) is 0 Å². The molecule has 33 heavy (non-hydrogen) atoms. The third-order valence-corrected chi connectivity index (χ3v) is 6.22. The number of H-pyrrole nitrogens is 1. The van der Waals surface area contributed by atoms with Gasteiger partial charge in [-0.3, -0.25) is 0 Å². The number of aromatic amines is 1. The summed E-state index contributed by atoms with van der Waals surface area (Å²) >= 11 is 0. The maximum absolute atomic E-state index is 9.91. The highest BCUT2D eigenvalue weighted by Gasteiger charge is 2.21. The molecule has 5 aromatic rings. The molecule has 0 amide bonds. The van der Waals surface area contributed by atoms with Crippen molar-refractivity contribution < 1.29 is 5.11 Å². The fourth-order valence-electron chi connectivity index (χ4n) is 4.47. The highest BCUT2D eigenvalue weighted by atomic mass is 16.3. The first kappa shape index (κ1) is 21.1. The van der Waals surface area contributed by atoms with Crippen LogP contribution < -0.4 is 0 Å². The van der Waals surface area contributed by atoms with Gasteiger partial charge in [0.15, 0.2) is 5.82 Å². The summed E-state index contributed by atoms with van der Waals surface area (Å²) < 4.78 is 2.31. The lowest BCUT2D eigenvalue weighted by atomic mass is 10.0. The molecule has 0 saturated heterocycles. The fraction of sp³-hybridized carbons (Fsp3) is 0.207. The van der Waals surface area contributed by atoms with E-state index < -0.39 is 0 Å². The van der Waals surface area contributed by atoms with Crippen molar-refractivity contribution in [2.24, 2.45) is 0 Å². The van der Waals surface area contributed by atoms with E-state index in [0.717, 1.165) is 41.1 Å². The minimum atomic E-state index is 0.266. The number of fused-ring (bicyclic) bond motifs is 1. The van der Waals surface area contributed by atoms with E-state index in [4.69, 9.17) is 4.98 Å². The van der Waals surface area contributed by atoms with Crippen molar-refractivity contribution >= 4 is 11.0 Å². The summed E-state index contributed by atoms with van der Waals surface area (Å²) in [7, 11) is 0. The van der Waals surface area contributed by atoms with Crippen LogP contribution in [-0.4, -0.2) is 19.6 Å². The SMILES string of the molecule is CCCCCc1c(-c2ccc(C)cc2)cc(-c2nc3ccccc3[nH]2)n1-c1ccc(O)cc1. The van der Waals surface area contributed by atoms with Crippen molar-refractivity contribution in [1.82, 2.24) is 14.5 Å². The fourth-order valence-corrected chi connectivity index (χ4v) is 4.47. The Kier molecular flexibility index (Phi) is 5.74. The van der Waals surface area contributed by atoms with Gasteiger partial charge in [-0.1, -0.05) is 61.7 Å². The Hall–Kier alpha value is -3.79. The Morgan fingerprint density at radius 3 is 2.39 bits per heavy atom. The quantitative estimate of drug-likeness (QED) is 0.261. The van der Waals surface area contributed by atoms with E-state index in [1.807, 2.05) is 30.3 Å². The maximum Gasteiger partial charge on any atom is 0.155 e. The molecule has 5 rings (SSSR count). The second kappa shape index (κ2) is 8.99. The molecule has 0 spiro atoms. The molecule has 0 unspecified atom stereocenters. The molecule has 4 nitrogen and oxygen atoms in total. The van der Waals surface area contributed by atoms with Gasteiger partial charge < -0.3 is 14.7 Å². The standard InChI is InChI=1S/C29H29N3O/c1-3-4-5-10-27-24(21-13-11-20(2)12-14-21)19-28(32(27)22-15-17-23(33)18-16-22)29-30-25-8-6-7-9-26(25)31-29/h6-9,11-19,33H,3-5,10H2,1-2H3,(H,30,31). The van der Waals surface area contributed by atoms with E-state index in [9.17, 15) is 5.11 Å². The average Bonchev–Trinajstić information content (AvgIpc) is 3.42. The van der Waals surface area contributed by atoms with Gasteiger partial charge in [0, 0.05) is 16.9 Å². The monoisotopic (exact) mass is 435 g/mol. The van der Waals surface area contributed by atoms with Gasteiger partial charge in [-0.05, 0) is 67.8 Å². The smallest absolute Gasteiger partial charge is 0.155 e. The molecule has 4 heteroatoms. The molecule has 0 saturated carbocycles. The number of phenols is 1. The molecule has 0 radical (unpaired) electrons. The second-order valence-corrected chi connectivity index (χ2v) is 8.67. The third-order valence-electron chi connectivity index (χ3n) is 6.22. The van der Waals surface area contributed by atoms with E-state index in [1.54, 1.807) is 12.1 Å². The lowest BCUT2D eigenvalue weighted by Crippen LogP contribution is -2.04. The Morgan fingerprint density at radius 2 is 1.67 bits per heavy atom. The van der Waals surface area contributed by atoms with Crippen LogP contribution in [0, 0.1) is 6.92 Å². The number of hydrogen-bond acceptors (Lipinski definition) is 2. The van der Waals surface area contributed by atoms with Gasteiger partial charge in [-0.15, -0.1) is 0 Å². The van der Waals surface area contributed by atoms with Gasteiger partial charge in [0.1, 0.15) is 5.75 Å². The zero-order chi connectivity index (χ0) is 22.8.